The molecule has 3 nitrogen and oxygen atoms in total. The Bertz CT molecular complexity index is 359. The second-order valence-electron chi connectivity index (χ2n) is 3.32. The number of ether oxygens (including phenoxy) is 1. The first-order valence-corrected chi connectivity index (χ1v) is 4.47. The third-order valence-corrected chi connectivity index (χ3v) is 2.05. The smallest absolute Gasteiger partial charge is 0.221 e. The number of nitrogens with one attached hydrogen (secondary N) is 1. The van der Waals surface area contributed by atoms with E-state index in [2.05, 4.69) is 5.32 Å². The third kappa shape index (κ3) is 2.25. The Hall–Kier alpha value is -1.51. The van der Waals surface area contributed by atoms with Crippen LogP contribution in [0.3, 0.4) is 0 Å². The first-order chi connectivity index (χ1) is 6.54. The van der Waals surface area contributed by atoms with Gasteiger partial charge in [0.25, 0.3) is 0 Å². The lowest BCUT2D eigenvalue weighted by molar-refractivity contribution is -0.114. The number of carbonyl (C=O) groups is 1. The zero-order chi connectivity index (χ0) is 10.7. The molecule has 0 aliphatic heterocycles. The summed E-state index contributed by atoms with van der Waals surface area (Å²) >= 11 is 0. The van der Waals surface area contributed by atoms with E-state index in [0.29, 0.717) is 0 Å². The summed E-state index contributed by atoms with van der Waals surface area (Å²) in [5.41, 5.74) is 2.86. The monoisotopic (exact) mass is 193 g/mol. The highest BCUT2D eigenvalue weighted by Crippen LogP contribution is 2.25. The maximum atomic E-state index is 10.9. The van der Waals surface area contributed by atoms with Crippen LogP contribution in [0.2, 0.25) is 0 Å². The number of hydrogen-bond donors (Lipinski definition) is 1. The summed E-state index contributed by atoms with van der Waals surface area (Å²) in [4.78, 5) is 10.9. The van der Waals surface area contributed by atoms with Crippen molar-refractivity contribution in [2.75, 3.05) is 12.4 Å². The van der Waals surface area contributed by atoms with E-state index in [1.807, 2.05) is 26.0 Å². The lowest BCUT2D eigenvalue weighted by atomic mass is 10.1. The summed E-state index contributed by atoms with van der Waals surface area (Å²) in [7, 11) is 1.64. The molecule has 0 spiro atoms. The molecule has 0 bridgehead atoms. The Morgan fingerprint density at radius 3 is 2.43 bits per heavy atom. The molecular formula is C11H15NO2. The van der Waals surface area contributed by atoms with Crippen LogP contribution < -0.4 is 10.1 Å². The molecule has 0 aliphatic rings. The van der Waals surface area contributed by atoms with Crippen molar-refractivity contribution in [1.82, 2.24) is 0 Å². The molecule has 14 heavy (non-hydrogen) atoms. The maximum Gasteiger partial charge on any atom is 0.221 e. The summed E-state index contributed by atoms with van der Waals surface area (Å²) in [6.07, 6.45) is 0. The molecule has 0 atom stereocenters. The van der Waals surface area contributed by atoms with Gasteiger partial charge >= 0.3 is 0 Å². The average Bonchev–Trinajstić information content (AvgIpc) is 2.10. The van der Waals surface area contributed by atoms with Gasteiger partial charge in [0.15, 0.2) is 0 Å². The number of anilines is 1. The first kappa shape index (κ1) is 10.6. The molecule has 1 aromatic rings. The lowest BCUT2D eigenvalue weighted by Gasteiger charge is -2.11. The fraction of sp³-hybridized carbons (Fsp3) is 0.364. The van der Waals surface area contributed by atoms with E-state index in [0.717, 1.165) is 22.6 Å². The van der Waals surface area contributed by atoms with Crippen LogP contribution in [0, 0.1) is 13.8 Å². The number of hydrogen-bond acceptors (Lipinski definition) is 2. The highest BCUT2D eigenvalue weighted by Gasteiger charge is 2.05. The Labute approximate surface area is 84.1 Å². The second-order valence-corrected chi connectivity index (χ2v) is 3.32. The molecule has 1 N–H and O–H groups in total. The molecule has 0 aliphatic carbocycles. The third-order valence-electron chi connectivity index (χ3n) is 2.05. The molecule has 76 valence electrons. The molecule has 0 fully saturated rings. The van der Waals surface area contributed by atoms with Gasteiger partial charge in [-0.3, -0.25) is 4.79 Å². The van der Waals surface area contributed by atoms with Gasteiger partial charge in [0.05, 0.1) is 7.11 Å². The molecule has 0 saturated carbocycles. The zero-order valence-corrected chi connectivity index (χ0v) is 8.97. The summed E-state index contributed by atoms with van der Waals surface area (Å²) in [6.45, 7) is 5.38. The minimum atomic E-state index is -0.0577. The van der Waals surface area contributed by atoms with E-state index in [1.165, 1.54) is 6.92 Å². The van der Waals surface area contributed by atoms with Gasteiger partial charge in [-0.1, -0.05) is 0 Å². The molecule has 1 amide bonds. The van der Waals surface area contributed by atoms with Crippen molar-refractivity contribution in [1.29, 1.82) is 0 Å². The maximum absolute atomic E-state index is 10.9. The van der Waals surface area contributed by atoms with Crippen molar-refractivity contribution in [3.8, 4) is 5.75 Å². The van der Waals surface area contributed by atoms with Crippen molar-refractivity contribution in [3.05, 3.63) is 23.3 Å². The Morgan fingerprint density at radius 2 is 1.93 bits per heavy atom. The Balaban J connectivity index is 3.08. The fourth-order valence-electron chi connectivity index (χ4n) is 1.33. The predicted molar refractivity (Wildman–Crippen MR) is 56.8 cm³/mol. The number of rotatable bonds is 2. The van der Waals surface area contributed by atoms with Crippen LogP contribution in [0.4, 0.5) is 5.69 Å². The minimum Gasteiger partial charge on any atom is -0.496 e. The zero-order valence-electron chi connectivity index (χ0n) is 8.97. The van der Waals surface area contributed by atoms with Gasteiger partial charge in [0, 0.05) is 12.6 Å². The highest BCUT2D eigenvalue weighted by atomic mass is 16.5. The van der Waals surface area contributed by atoms with E-state index in [-0.39, 0.29) is 5.91 Å². The topological polar surface area (TPSA) is 38.3 Å². The molecular weight excluding hydrogens is 178 g/mol. The number of benzene rings is 1. The molecule has 3 heteroatoms. The van der Waals surface area contributed by atoms with Crippen molar-refractivity contribution in [3.63, 3.8) is 0 Å². The summed E-state index contributed by atoms with van der Waals surface area (Å²) in [5, 5.41) is 2.77. The quantitative estimate of drug-likeness (QED) is 0.782. The van der Waals surface area contributed by atoms with E-state index in [4.69, 9.17) is 4.74 Å². The van der Waals surface area contributed by atoms with E-state index in [9.17, 15) is 4.79 Å². The van der Waals surface area contributed by atoms with Gasteiger partial charge in [-0.2, -0.15) is 0 Å². The van der Waals surface area contributed by atoms with Crippen LogP contribution in [0.15, 0.2) is 12.1 Å². The van der Waals surface area contributed by atoms with Crippen LogP contribution in [0.1, 0.15) is 18.1 Å². The van der Waals surface area contributed by atoms with Crippen molar-refractivity contribution >= 4 is 11.6 Å². The highest BCUT2D eigenvalue weighted by molar-refractivity contribution is 5.89. The Kier molecular flexibility index (Phi) is 3.12. The van der Waals surface area contributed by atoms with Crippen LogP contribution in [0.25, 0.3) is 0 Å². The van der Waals surface area contributed by atoms with Gasteiger partial charge in [-0.15, -0.1) is 0 Å². The van der Waals surface area contributed by atoms with Crippen LogP contribution in [0.5, 0.6) is 5.75 Å². The summed E-state index contributed by atoms with van der Waals surface area (Å²) in [6, 6.07) is 3.83. The molecule has 0 unspecified atom stereocenters. The fourth-order valence-corrected chi connectivity index (χ4v) is 1.33. The standard InChI is InChI=1S/C11H15NO2/c1-7-6-11(14-4)8(2)5-10(7)12-9(3)13/h5-6H,1-4H3,(H,12,13). The Morgan fingerprint density at radius 1 is 1.29 bits per heavy atom. The molecule has 0 saturated heterocycles. The van der Waals surface area contributed by atoms with Crippen molar-refractivity contribution in [2.45, 2.75) is 20.8 Å². The average molecular weight is 193 g/mol. The molecule has 0 heterocycles. The van der Waals surface area contributed by atoms with E-state index < -0.39 is 0 Å². The minimum absolute atomic E-state index is 0.0577. The van der Waals surface area contributed by atoms with Gasteiger partial charge in [-0.05, 0) is 37.1 Å². The first-order valence-electron chi connectivity index (χ1n) is 4.47. The van der Waals surface area contributed by atoms with E-state index >= 15 is 0 Å². The number of methoxy groups -OCH3 is 1. The summed E-state index contributed by atoms with van der Waals surface area (Å²) in [5.74, 6) is 0.786. The van der Waals surface area contributed by atoms with E-state index in [1.54, 1.807) is 7.11 Å². The second kappa shape index (κ2) is 4.13. The van der Waals surface area contributed by atoms with Crippen molar-refractivity contribution in [2.24, 2.45) is 0 Å². The summed E-state index contributed by atoms with van der Waals surface area (Å²) < 4.78 is 5.17. The molecule has 1 rings (SSSR count). The van der Waals surface area contributed by atoms with Gasteiger partial charge in [0.2, 0.25) is 5.91 Å². The van der Waals surface area contributed by atoms with Crippen LogP contribution in [-0.2, 0) is 4.79 Å². The van der Waals surface area contributed by atoms with Crippen molar-refractivity contribution < 1.29 is 9.53 Å². The SMILES string of the molecule is COc1cc(C)c(NC(C)=O)cc1C. The molecule has 1 aromatic carbocycles. The lowest BCUT2D eigenvalue weighted by Crippen LogP contribution is -2.07. The van der Waals surface area contributed by atoms with Crippen LogP contribution in [-0.4, -0.2) is 13.0 Å². The van der Waals surface area contributed by atoms with Gasteiger partial charge < -0.3 is 10.1 Å². The normalized spacial score (nSPS) is 9.71. The van der Waals surface area contributed by atoms with Crippen LogP contribution >= 0.6 is 0 Å². The van der Waals surface area contributed by atoms with Gasteiger partial charge in [-0.25, -0.2) is 0 Å². The molecule has 0 aromatic heterocycles. The predicted octanol–water partition coefficient (Wildman–Crippen LogP) is 2.27. The van der Waals surface area contributed by atoms with Gasteiger partial charge in [0.1, 0.15) is 5.75 Å². The number of aryl methyl sites for hydroxylation is 2. The largest absolute Gasteiger partial charge is 0.496 e. The number of amides is 1. The molecule has 0 radical (unpaired) electrons. The number of carbonyl (C=O) groups excluding carboxylic acids is 1.